The van der Waals surface area contributed by atoms with Crippen molar-refractivity contribution in [1.29, 1.82) is 0 Å². The number of benzene rings is 1. The molecule has 2 heterocycles. The minimum absolute atomic E-state index is 0.0163. The predicted octanol–water partition coefficient (Wildman–Crippen LogP) is 3.02. The number of nitrogens with zero attached hydrogens (tertiary/aromatic N) is 2. The van der Waals surface area contributed by atoms with Gasteiger partial charge in [-0.15, -0.1) is 11.3 Å². The van der Waals surface area contributed by atoms with E-state index in [2.05, 4.69) is 24.1 Å². The molecule has 0 atom stereocenters. The number of hydrogen-bond acceptors (Lipinski definition) is 4. The fourth-order valence-electron chi connectivity index (χ4n) is 3.17. The zero-order chi connectivity index (χ0) is 18.5. The monoisotopic (exact) mass is 371 g/mol. The summed E-state index contributed by atoms with van der Waals surface area (Å²) >= 11 is 1.58. The second-order valence-corrected chi connectivity index (χ2v) is 7.78. The first-order valence-electron chi connectivity index (χ1n) is 9.02. The molecule has 0 spiro atoms. The smallest absolute Gasteiger partial charge is 0.264 e. The maximum absolute atomic E-state index is 12.7. The third kappa shape index (κ3) is 4.51. The standard InChI is InChI=1S/C20H25N3O2S/c1-3-16-13-18(26-15(16)2)20(25)23-11-9-22(10-12-23)14-19(24)21-17-7-5-4-6-8-17/h4-8,13H,3,9-12,14H2,1-2H3,(H,21,24). The van der Waals surface area contributed by atoms with Crippen molar-refractivity contribution >= 4 is 28.8 Å². The number of carbonyl (C=O) groups excluding carboxylic acids is 2. The van der Waals surface area contributed by atoms with E-state index >= 15 is 0 Å². The summed E-state index contributed by atoms with van der Waals surface area (Å²) in [6.07, 6.45) is 0.958. The van der Waals surface area contributed by atoms with Gasteiger partial charge in [0.15, 0.2) is 0 Å². The molecule has 5 nitrogen and oxygen atoms in total. The summed E-state index contributed by atoms with van der Waals surface area (Å²) in [7, 11) is 0. The highest BCUT2D eigenvalue weighted by atomic mass is 32.1. The SMILES string of the molecule is CCc1cc(C(=O)N2CCN(CC(=O)Nc3ccccc3)CC2)sc1C. The lowest BCUT2D eigenvalue weighted by molar-refractivity contribution is -0.117. The van der Waals surface area contributed by atoms with E-state index in [1.54, 1.807) is 11.3 Å². The molecule has 1 aromatic heterocycles. The Morgan fingerprint density at radius 1 is 1.12 bits per heavy atom. The van der Waals surface area contributed by atoms with E-state index in [0.29, 0.717) is 19.6 Å². The van der Waals surface area contributed by atoms with Crippen LogP contribution in [0.2, 0.25) is 0 Å². The van der Waals surface area contributed by atoms with Gasteiger partial charge in [-0.1, -0.05) is 25.1 Å². The minimum atomic E-state index is -0.0163. The maximum atomic E-state index is 12.7. The third-order valence-corrected chi connectivity index (χ3v) is 5.78. The summed E-state index contributed by atoms with van der Waals surface area (Å²) in [6, 6.07) is 11.5. The molecule has 2 amide bonds. The normalized spacial score (nSPS) is 15.1. The van der Waals surface area contributed by atoms with Gasteiger partial charge < -0.3 is 10.2 Å². The van der Waals surface area contributed by atoms with E-state index in [4.69, 9.17) is 0 Å². The fourth-order valence-corrected chi connectivity index (χ4v) is 4.25. The number of nitrogens with one attached hydrogen (secondary N) is 1. The predicted molar refractivity (Wildman–Crippen MR) is 106 cm³/mol. The Labute approximate surface area is 158 Å². The van der Waals surface area contributed by atoms with Gasteiger partial charge in [-0.3, -0.25) is 14.5 Å². The van der Waals surface area contributed by atoms with Crippen molar-refractivity contribution in [2.75, 3.05) is 38.0 Å². The first-order valence-corrected chi connectivity index (χ1v) is 9.84. The lowest BCUT2D eigenvalue weighted by atomic mass is 10.2. The molecule has 1 aromatic carbocycles. The molecule has 1 aliphatic rings. The van der Waals surface area contributed by atoms with Crippen molar-refractivity contribution < 1.29 is 9.59 Å². The Hall–Kier alpha value is -2.18. The van der Waals surface area contributed by atoms with E-state index in [9.17, 15) is 9.59 Å². The van der Waals surface area contributed by atoms with Crippen LogP contribution in [0.4, 0.5) is 5.69 Å². The second kappa shape index (κ2) is 8.47. The molecule has 0 bridgehead atoms. The number of aryl methyl sites for hydroxylation is 2. The molecule has 0 saturated carbocycles. The second-order valence-electron chi connectivity index (χ2n) is 6.53. The van der Waals surface area contributed by atoms with Crippen molar-refractivity contribution in [3.63, 3.8) is 0 Å². The summed E-state index contributed by atoms with van der Waals surface area (Å²) in [5.41, 5.74) is 2.07. The van der Waals surface area contributed by atoms with Gasteiger partial charge in [0.05, 0.1) is 11.4 Å². The number of rotatable bonds is 5. The molecule has 2 aromatic rings. The van der Waals surface area contributed by atoms with Crippen molar-refractivity contribution in [2.24, 2.45) is 0 Å². The lowest BCUT2D eigenvalue weighted by Crippen LogP contribution is -2.50. The number of para-hydroxylation sites is 1. The molecule has 0 radical (unpaired) electrons. The molecular weight excluding hydrogens is 346 g/mol. The number of hydrogen-bond donors (Lipinski definition) is 1. The van der Waals surface area contributed by atoms with Gasteiger partial charge in [0, 0.05) is 36.7 Å². The van der Waals surface area contributed by atoms with E-state index in [0.717, 1.165) is 30.1 Å². The number of anilines is 1. The van der Waals surface area contributed by atoms with Gasteiger partial charge >= 0.3 is 0 Å². The Morgan fingerprint density at radius 3 is 2.42 bits per heavy atom. The Morgan fingerprint density at radius 2 is 1.81 bits per heavy atom. The van der Waals surface area contributed by atoms with E-state index in [-0.39, 0.29) is 11.8 Å². The molecule has 1 fully saturated rings. The van der Waals surface area contributed by atoms with Crippen LogP contribution in [0.1, 0.15) is 27.0 Å². The summed E-state index contributed by atoms with van der Waals surface area (Å²) in [6.45, 7) is 7.31. The molecule has 1 saturated heterocycles. The highest BCUT2D eigenvalue weighted by Gasteiger charge is 2.24. The Kier molecular flexibility index (Phi) is 6.06. The maximum Gasteiger partial charge on any atom is 0.264 e. The molecule has 6 heteroatoms. The van der Waals surface area contributed by atoms with Crippen LogP contribution in [0.5, 0.6) is 0 Å². The van der Waals surface area contributed by atoms with Crippen LogP contribution >= 0.6 is 11.3 Å². The van der Waals surface area contributed by atoms with Gasteiger partial charge in [0.2, 0.25) is 5.91 Å². The summed E-state index contributed by atoms with van der Waals surface area (Å²) in [5.74, 6) is 0.101. The van der Waals surface area contributed by atoms with Gasteiger partial charge in [0.25, 0.3) is 5.91 Å². The highest BCUT2D eigenvalue weighted by Crippen LogP contribution is 2.23. The first kappa shape index (κ1) is 18.6. The van der Waals surface area contributed by atoms with E-state index in [1.165, 1.54) is 10.4 Å². The van der Waals surface area contributed by atoms with Crippen LogP contribution in [-0.4, -0.2) is 54.3 Å². The average molecular weight is 372 g/mol. The molecule has 0 aliphatic carbocycles. The van der Waals surface area contributed by atoms with Crippen LogP contribution in [0, 0.1) is 6.92 Å². The summed E-state index contributed by atoms with van der Waals surface area (Å²) in [5, 5.41) is 2.90. The van der Waals surface area contributed by atoms with Gasteiger partial charge in [-0.25, -0.2) is 0 Å². The molecular formula is C20H25N3O2S. The summed E-state index contributed by atoms with van der Waals surface area (Å²) in [4.78, 5) is 30.9. The molecule has 138 valence electrons. The van der Waals surface area contributed by atoms with Gasteiger partial charge in [-0.2, -0.15) is 0 Å². The average Bonchev–Trinajstić information content (AvgIpc) is 3.03. The topological polar surface area (TPSA) is 52.7 Å². The quantitative estimate of drug-likeness (QED) is 0.879. The number of piperazine rings is 1. The van der Waals surface area contributed by atoms with Crippen molar-refractivity contribution in [1.82, 2.24) is 9.80 Å². The number of thiophene rings is 1. The first-order chi connectivity index (χ1) is 12.6. The van der Waals surface area contributed by atoms with Crippen molar-refractivity contribution in [3.05, 3.63) is 51.7 Å². The summed E-state index contributed by atoms with van der Waals surface area (Å²) < 4.78 is 0. The van der Waals surface area contributed by atoms with Gasteiger partial charge in [0.1, 0.15) is 0 Å². The van der Waals surface area contributed by atoms with E-state index < -0.39 is 0 Å². The van der Waals surface area contributed by atoms with Crippen LogP contribution in [-0.2, 0) is 11.2 Å². The lowest BCUT2D eigenvalue weighted by Gasteiger charge is -2.34. The fraction of sp³-hybridized carbons (Fsp3) is 0.400. The Bertz CT molecular complexity index is 765. The van der Waals surface area contributed by atoms with Crippen LogP contribution in [0.25, 0.3) is 0 Å². The third-order valence-electron chi connectivity index (χ3n) is 4.70. The highest BCUT2D eigenvalue weighted by molar-refractivity contribution is 7.14. The van der Waals surface area contributed by atoms with Crippen molar-refractivity contribution in [3.8, 4) is 0 Å². The largest absolute Gasteiger partial charge is 0.335 e. The van der Waals surface area contributed by atoms with Crippen LogP contribution < -0.4 is 5.32 Å². The number of carbonyl (C=O) groups is 2. The number of amides is 2. The molecule has 26 heavy (non-hydrogen) atoms. The molecule has 1 aliphatic heterocycles. The molecule has 3 rings (SSSR count). The molecule has 0 unspecified atom stereocenters. The van der Waals surface area contributed by atoms with E-state index in [1.807, 2.05) is 41.3 Å². The van der Waals surface area contributed by atoms with Gasteiger partial charge in [-0.05, 0) is 37.1 Å². The zero-order valence-electron chi connectivity index (χ0n) is 15.3. The zero-order valence-corrected chi connectivity index (χ0v) is 16.1. The molecule has 1 N–H and O–H groups in total. The van der Waals surface area contributed by atoms with Crippen LogP contribution in [0.3, 0.4) is 0 Å². The minimum Gasteiger partial charge on any atom is -0.335 e. The van der Waals surface area contributed by atoms with Crippen LogP contribution in [0.15, 0.2) is 36.4 Å². The Balaban J connectivity index is 1.49. The van der Waals surface area contributed by atoms with Crippen molar-refractivity contribution in [2.45, 2.75) is 20.3 Å².